The van der Waals surface area contributed by atoms with Crippen LogP contribution >= 0.6 is 11.9 Å². The quantitative estimate of drug-likeness (QED) is 0.292. The van der Waals surface area contributed by atoms with E-state index in [4.69, 9.17) is 15.6 Å². The predicted octanol–water partition coefficient (Wildman–Crippen LogP) is 8.12. The van der Waals surface area contributed by atoms with E-state index in [-0.39, 0.29) is 0 Å². The molecule has 210 valence electrons. The summed E-state index contributed by atoms with van der Waals surface area (Å²) in [6.45, 7) is 20.4. The van der Waals surface area contributed by atoms with Crippen molar-refractivity contribution >= 4 is 28.2 Å². The van der Waals surface area contributed by atoms with Crippen LogP contribution in [0, 0.1) is 0 Å². The summed E-state index contributed by atoms with van der Waals surface area (Å²) in [5, 5.41) is 6.20. The van der Waals surface area contributed by atoms with E-state index >= 15 is 0 Å². The van der Waals surface area contributed by atoms with E-state index in [0.29, 0.717) is 0 Å². The Morgan fingerprint density at radius 2 is 1.15 bits per heavy atom. The largest absolute Gasteiger partial charge is 0.457 e. The van der Waals surface area contributed by atoms with Gasteiger partial charge in [-0.3, -0.25) is 5.14 Å². The summed E-state index contributed by atoms with van der Waals surface area (Å²) in [7, 11) is 0. The fourth-order valence-electron chi connectivity index (χ4n) is 5.82. The third-order valence-corrected chi connectivity index (χ3v) is 8.23. The van der Waals surface area contributed by atoms with Crippen LogP contribution in [-0.2, 0) is 5.41 Å². The van der Waals surface area contributed by atoms with Crippen LogP contribution in [0.15, 0.2) is 66.4 Å². The zero-order chi connectivity index (χ0) is 28.7. The first-order valence-corrected chi connectivity index (χ1v) is 15.4. The first kappa shape index (κ1) is 30.5. The molecule has 4 N–H and O–H groups in total. The highest BCUT2D eigenvalue weighted by Crippen LogP contribution is 2.61. The molecule has 0 radical (unpaired) electrons. The van der Waals surface area contributed by atoms with Gasteiger partial charge in [-0.15, -0.1) is 0 Å². The lowest BCUT2D eigenvalue weighted by atomic mass is 9.67. The summed E-state index contributed by atoms with van der Waals surface area (Å²) < 4.78 is 6.69. The zero-order valence-electron chi connectivity index (χ0n) is 25.0. The van der Waals surface area contributed by atoms with Crippen molar-refractivity contribution in [3.8, 4) is 11.5 Å². The van der Waals surface area contributed by atoms with E-state index < -0.39 is 5.41 Å². The van der Waals surface area contributed by atoms with Crippen molar-refractivity contribution in [2.24, 2.45) is 10.9 Å². The summed E-state index contributed by atoms with van der Waals surface area (Å²) in [5.41, 5.74) is 13.9. The lowest BCUT2D eigenvalue weighted by molar-refractivity contribution is 0.433. The molecule has 0 fully saturated rings. The topological polar surface area (TPSA) is 67.8 Å². The number of nitrogens with zero attached hydrogens (tertiary/aromatic N) is 2. The molecule has 0 unspecified atom stereocenters. The minimum atomic E-state index is -0.648. The van der Waals surface area contributed by atoms with Crippen LogP contribution in [0.4, 0.5) is 11.4 Å². The van der Waals surface area contributed by atoms with Crippen molar-refractivity contribution in [1.82, 2.24) is 0 Å². The van der Waals surface area contributed by atoms with Gasteiger partial charge in [-0.05, 0) is 62.9 Å². The zero-order valence-corrected chi connectivity index (χ0v) is 25.8. The third-order valence-electron chi connectivity index (χ3n) is 7.56. The minimum Gasteiger partial charge on any atom is -0.457 e. The Kier molecular flexibility index (Phi) is 10.4. The molecule has 0 amide bonds. The van der Waals surface area contributed by atoms with E-state index in [9.17, 15) is 0 Å². The Morgan fingerprint density at radius 1 is 0.692 bits per heavy atom. The Balaban J connectivity index is 0.00000100. The highest BCUT2D eigenvalue weighted by atomic mass is 32.2. The molecule has 1 spiro atoms. The van der Waals surface area contributed by atoms with Gasteiger partial charge < -0.3 is 20.3 Å². The van der Waals surface area contributed by atoms with Crippen molar-refractivity contribution in [2.45, 2.75) is 60.8 Å². The second-order valence-electron chi connectivity index (χ2n) is 8.96. The molecule has 1 aliphatic carbocycles. The van der Waals surface area contributed by atoms with Gasteiger partial charge in [-0.25, -0.2) is 0 Å². The standard InChI is InChI=1S/C29H34N4OS.2C2H6/c1-5-32(6-2)19-13-15-23-25(17-19)34-26-18-20(33(7-3)8-4)14-16-24(26)29(23)22-12-10-9-11-21(22)27(35-31)28(29)30;2*1-2/h9-18H,5-8,30-31H2,1-4H3;2*1-2H3. The molecule has 1 heterocycles. The molecule has 3 aromatic carbocycles. The predicted molar refractivity (Wildman–Crippen MR) is 172 cm³/mol. The highest BCUT2D eigenvalue weighted by molar-refractivity contribution is 8.06. The van der Waals surface area contributed by atoms with Crippen molar-refractivity contribution in [2.75, 3.05) is 36.0 Å². The maximum atomic E-state index is 7.08. The molecule has 5 rings (SSSR count). The number of rotatable bonds is 7. The number of hydrogen-bond acceptors (Lipinski definition) is 6. The first-order valence-electron chi connectivity index (χ1n) is 14.5. The SMILES string of the molecule is CC.CC.CCN(CC)c1ccc2c(c1)Oc1cc(N(CC)CC)ccc1C21C(N)=C(SN)c2ccccc21. The maximum absolute atomic E-state index is 7.08. The van der Waals surface area contributed by atoms with Crippen molar-refractivity contribution < 1.29 is 4.74 Å². The van der Waals surface area contributed by atoms with Gasteiger partial charge >= 0.3 is 0 Å². The first-order chi connectivity index (χ1) is 19.0. The molecule has 0 saturated carbocycles. The number of hydrogen-bond donors (Lipinski definition) is 2. The van der Waals surface area contributed by atoms with Gasteiger partial charge in [0, 0.05) is 66.5 Å². The second kappa shape index (κ2) is 13.3. The van der Waals surface area contributed by atoms with Crippen molar-refractivity contribution in [3.05, 3.63) is 88.6 Å². The van der Waals surface area contributed by atoms with E-state index in [0.717, 1.165) is 81.9 Å². The maximum Gasteiger partial charge on any atom is 0.134 e. The molecular formula is C33H46N4OS. The summed E-state index contributed by atoms with van der Waals surface area (Å²) in [6, 6.07) is 21.5. The molecular weight excluding hydrogens is 500 g/mol. The number of benzene rings is 3. The summed E-state index contributed by atoms with van der Waals surface area (Å²) in [4.78, 5) is 5.60. The highest BCUT2D eigenvalue weighted by Gasteiger charge is 2.52. The molecule has 5 nitrogen and oxygen atoms in total. The van der Waals surface area contributed by atoms with Crippen LogP contribution < -0.4 is 25.4 Å². The lowest BCUT2D eigenvalue weighted by Crippen LogP contribution is -2.36. The molecule has 2 aliphatic rings. The summed E-state index contributed by atoms with van der Waals surface area (Å²) >= 11 is 1.23. The van der Waals surface area contributed by atoms with Crippen LogP contribution in [0.1, 0.15) is 77.6 Å². The van der Waals surface area contributed by atoms with Crippen LogP contribution in [-0.4, -0.2) is 26.2 Å². The molecule has 3 aromatic rings. The molecule has 0 bridgehead atoms. The van der Waals surface area contributed by atoms with Gasteiger partial charge in [-0.2, -0.15) is 0 Å². The molecule has 0 saturated heterocycles. The number of nitrogens with two attached hydrogens (primary N) is 2. The lowest BCUT2D eigenvalue weighted by Gasteiger charge is -2.40. The molecule has 0 aromatic heterocycles. The van der Waals surface area contributed by atoms with Gasteiger partial charge in [0.1, 0.15) is 11.5 Å². The number of ether oxygens (including phenoxy) is 1. The van der Waals surface area contributed by atoms with Gasteiger partial charge in [0.25, 0.3) is 0 Å². The molecule has 0 atom stereocenters. The minimum absolute atomic E-state index is 0.648. The number of anilines is 2. The molecule has 1 aliphatic heterocycles. The van der Waals surface area contributed by atoms with Gasteiger partial charge in [-0.1, -0.05) is 64.1 Å². The van der Waals surface area contributed by atoms with Gasteiger partial charge in [0.15, 0.2) is 0 Å². The van der Waals surface area contributed by atoms with Crippen molar-refractivity contribution in [1.29, 1.82) is 0 Å². The smallest absolute Gasteiger partial charge is 0.134 e. The van der Waals surface area contributed by atoms with Crippen LogP contribution in [0.2, 0.25) is 0 Å². The van der Waals surface area contributed by atoms with Gasteiger partial charge in [0.2, 0.25) is 0 Å². The second-order valence-corrected chi connectivity index (χ2v) is 9.61. The third kappa shape index (κ3) is 4.89. The summed E-state index contributed by atoms with van der Waals surface area (Å²) in [6.07, 6.45) is 0. The van der Waals surface area contributed by atoms with Crippen LogP contribution in [0.3, 0.4) is 0 Å². The average Bonchev–Trinajstić information content (AvgIpc) is 3.24. The molecule has 39 heavy (non-hydrogen) atoms. The van der Waals surface area contributed by atoms with Gasteiger partial charge in [0.05, 0.1) is 10.3 Å². The van der Waals surface area contributed by atoms with E-state index in [1.165, 1.54) is 11.9 Å². The molecule has 6 heteroatoms. The fourth-order valence-corrected chi connectivity index (χ4v) is 6.41. The Hall–Kier alpha value is -3.09. The fraction of sp³-hybridized carbons (Fsp3) is 0.394. The van der Waals surface area contributed by atoms with E-state index in [2.05, 4.69) is 98.2 Å². The summed E-state index contributed by atoms with van der Waals surface area (Å²) in [5.74, 6) is 1.69. The van der Waals surface area contributed by atoms with E-state index in [1.807, 2.05) is 27.7 Å². The number of fused-ring (bicyclic) bond motifs is 6. The Labute approximate surface area is 240 Å². The monoisotopic (exact) mass is 546 g/mol. The average molecular weight is 547 g/mol. The number of allylic oxidation sites excluding steroid dienone is 1. The Morgan fingerprint density at radius 3 is 1.59 bits per heavy atom. The van der Waals surface area contributed by atoms with Crippen molar-refractivity contribution in [3.63, 3.8) is 0 Å². The van der Waals surface area contributed by atoms with Crippen LogP contribution in [0.5, 0.6) is 11.5 Å². The normalized spacial score (nSPS) is 13.7. The Bertz CT molecular complexity index is 1230. The van der Waals surface area contributed by atoms with E-state index in [1.54, 1.807) is 0 Å². The van der Waals surface area contributed by atoms with Crippen LogP contribution in [0.25, 0.3) is 4.91 Å².